The summed E-state index contributed by atoms with van der Waals surface area (Å²) in [5, 5.41) is 8.17. The van der Waals surface area contributed by atoms with Crippen LogP contribution in [0.4, 0.5) is 0 Å². The normalized spacial score (nSPS) is 24.0. The minimum Gasteiger partial charge on any atom is -0.424 e. The van der Waals surface area contributed by atoms with Crippen LogP contribution >= 0.6 is 0 Å². The Morgan fingerprint density at radius 3 is 2.58 bits per heavy atom. The first-order chi connectivity index (χ1) is 9.28. The second-order valence-corrected chi connectivity index (χ2v) is 5.35. The van der Waals surface area contributed by atoms with Gasteiger partial charge in [0.15, 0.2) is 0 Å². The molecule has 19 heavy (non-hydrogen) atoms. The van der Waals surface area contributed by atoms with Gasteiger partial charge >= 0.3 is 0 Å². The summed E-state index contributed by atoms with van der Waals surface area (Å²) in [7, 11) is 0. The fourth-order valence-electron chi connectivity index (χ4n) is 3.08. The van der Waals surface area contributed by atoms with Crippen LogP contribution in [0.1, 0.15) is 51.3 Å². The van der Waals surface area contributed by atoms with Gasteiger partial charge in [-0.1, -0.05) is 26.7 Å². The summed E-state index contributed by atoms with van der Waals surface area (Å²) >= 11 is 0. The topological polar surface area (TPSA) is 68.2 Å². The van der Waals surface area contributed by atoms with Gasteiger partial charge in [-0.15, -0.1) is 10.2 Å². The Bertz CT molecular complexity index is 379. The molecule has 0 aliphatic heterocycles. The third kappa shape index (κ3) is 3.54. The lowest BCUT2D eigenvalue weighted by Crippen LogP contribution is -2.44. The van der Waals surface area contributed by atoms with Crippen LogP contribution in [0, 0.1) is 5.92 Å². The largest absolute Gasteiger partial charge is 0.424 e. The molecular formula is C14H26N4O. The molecule has 2 rings (SSSR count). The van der Waals surface area contributed by atoms with Crippen molar-refractivity contribution in [2.45, 2.75) is 58.5 Å². The van der Waals surface area contributed by atoms with Gasteiger partial charge in [-0.2, -0.15) is 0 Å². The van der Waals surface area contributed by atoms with Gasteiger partial charge in [-0.05, 0) is 31.8 Å². The second kappa shape index (κ2) is 7.01. The third-order valence-electron chi connectivity index (χ3n) is 4.20. The zero-order valence-electron chi connectivity index (χ0n) is 12.1. The van der Waals surface area contributed by atoms with Gasteiger partial charge in [0.05, 0.1) is 6.54 Å². The lowest BCUT2D eigenvalue weighted by molar-refractivity contribution is 0.0962. The van der Waals surface area contributed by atoms with Gasteiger partial charge in [0.1, 0.15) is 0 Å². The van der Waals surface area contributed by atoms with Gasteiger partial charge in [-0.25, -0.2) is 0 Å². The summed E-state index contributed by atoms with van der Waals surface area (Å²) in [4.78, 5) is 2.45. The number of hydrogen-bond acceptors (Lipinski definition) is 5. The van der Waals surface area contributed by atoms with Crippen molar-refractivity contribution in [3.63, 3.8) is 0 Å². The molecule has 108 valence electrons. The van der Waals surface area contributed by atoms with Gasteiger partial charge in [0, 0.05) is 12.5 Å². The first-order valence-corrected chi connectivity index (χ1v) is 7.53. The monoisotopic (exact) mass is 266 g/mol. The van der Waals surface area contributed by atoms with Crippen LogP contribution in [0.25, 0.3) is 0 Å². The first kappa shape index (κ1) is 14.5. The Labute approximate surface area is 115 Å². The Balaban J connectivity index is 2.01. The van der Waals surface area contributed by atoms with E-state index < -0.39 is 0 Å². The van der Waals surface area contributed by atoms with Crippen molar-refractivity contribution in [1.82, 2.24) is 15.1 Å². The SMILES string of the molecule is CCc1nnc(CN(CC)C2CCCCC2CN)o1. The molecule has 0 spiro atoms. The molecular weight excluding hydrogens is 240 g/mol. The van der Waals surface area contributed by atoms with E-state index in [-0.39, 0.29) is 0 Å². The number of nitrogens with two attached hydrogens (primary N) is 1. The molecule has 0 bridgehead atoms. The quantitative estimate of drug-likeness (QED) is 0.852. The van der Waals surface area contributed by atoms with Crippen molar-refractivity contribution in [2.75, 3.05) is 13.1 Å². The number of aryl methyl sites for hydroxylation is 1. The molecule has 2 unspecified atom stereocenters. The van der Waals surface area contributed by atoms with Crippen molar-refractivity contribution in [2.24, 2.45) is 11.7 Å². The smallest absolute Gasteiger partial charge is 0.230 e. The number of hydrogen-bond donors (Lipinski definition) is 1. The molecule has 1 heterocycles. The lowest BCUT2D eigenvalue weighted by atomic mass is 9.83. The highest BCUT2D eigenvalue weighted by Gasteiger charge is 2.29. The van der Waals surface area contributed by atoms with E-state index in [1.54, 1.807) is 0 Å². The Morgan fingerprint density at radius 2 is 1.95 bits per heavy atom. The molecule has 0 aromatic carbocycles. The van der Waals surface area contributed by atoms with E-state index in [2.05, 4.69) is 22.0 Å². The molecule has 1 aliphatic rings. The molecule has 1 fully saturated rings. The summed E-state index contributed by atoms with van der Waals surface area (Å²) in [6.45, 7) is 6.76. The van der Waals surface area contributed by atoms with Gasteiger partial charge in [0.25, 0.3) is 0 Å². The van der Waals surface area contributed by atoms with E-state index in [1.807, 2.05) is 6.92 Å². The standard InChI is InChI=1S/C14H26N4O/c1-3-13-16-17-14(19-13)10-18(4-2)12-8-6-5-7-11(12)9-15/h11-12H,3-10,15H2,1-2H3. The average molecular weight is 266 g/mol. The zero-order valence-corrected chi connectivity index (χ0v) is 12.1. The van der Waals surface area contributed by atoms with Gasteiger partial charge in [0.2, 0.25) is 11.8 Å². The van der Waals surface area contributed by atoms with Crippen LogP contribution in [0.5, 0.6) is 0 Å². The minimum atomic E-state index is 0.570. The molecule has 2 atom stereocenters. The molecule has 1 aromatic rings. The molecule has 0 saturated heterocycles. The fourth-order valence-corrected chi connectivity index (χ4v) is 3.08. The highest BCUT2D eigenvalue weighted by molar-refractivity contribution is 4.87. The van der Waals surface area contributed by atoms with Crippen LogP contribution in [0.2, 0.25) is 0 Å². The predicted molar refractivity (Wildman–Crippen MR) is 74.6 cm³/mol. The highest BCUT2D eigenvalue weighted by Crippen LogP contribution is 2.28. The molecule has 1 aromatic heterocycles. The van der Waals surface area contributed by atoms with Crippen molar-refractivity contribution in [1.29, 1.82) is 0 Å². The third-order valence-corrected chi connectivity index (χ3v) is 4.20. The number of rotatable bonds is 6. The molecule has 5 nitrogen and oxygen atoms in total. The lowest BCUT2D eigenvalue weighted by Gasteiger charge is -2.38. The maximum Gasteiger partial charge on any atom is 0.230 e. The molecule has 2 N–H and O–H groups in total. The van der Waals surface area contributed by atoms with Crippen molar-refractivity contribution in [3.05, 3.63) is 11.8 Å². The summed E-state index contributed by atoms with van der Waals surface area (Å²) < 4.78 is 5.63. The van der Waals surface area contributed by atoms with E-state index in [9.17, 15) is 0 Å². The maximum atomic E-state index is 5.93. The van der Waals surface area contributed by atoms with Crippen LogP contribution in [-0.2, 0) is 13.0 Å². The van der Waals surface area contributed by atoms with Crippen LogP contribution in [0.15, 0.2) is 4.42 Å². The maximum absolute atomic E-state index is 5.93. The molecule has 1 aliphatic carbocycles. The number of aromatic nitrogens is 2. The van der Waals surface area contributed by atoms with E-state index in [0.717, 1.165) is 37.8 Å². The van der Waals surface area contributed by atoms with Gasteiger partial charge in [-0.3, -0.25) is 4.90 Å². The number of nitrogens with zero attached hydrogens (tertiary/aromatic N) is 3. The van der Waals surface area contributed by atoms with Gasteiger partial charge < -0.3 is 10.2 Å². The second-order valence-electron chi connectivity index (χ2n) is 5.35. The Hall–Kier alpha value is -0.940. The molecule has 5 heteroatoms. The first-order valence-electron chi connectivity index (χ1n) is 7.53. The zero-order chi connectivity index (χ0) is 13.7. The molecule has 1 saturated carbocycles. The van der Waals surface area contributed by atoms with E-state index >= 15 is 0 Å². The van der Waals surface area contributed by atoms with E-state index in [0.29, 0.717) is 12.0 Å². The van der Waals surface area contributed by atoms with Crippen molar-refractivity contribution >= 4 is 0 Å². The minimum absolute atomic E-state index is 0.570. The summed E-state index contributed by atoms with van der Waals surface area (Å²) in [6, 6.07) is 0.570. The van der Waals surface area contributed by atoms with E-state index in [1.165, 1.54) is 25.7 Å². The fraction of sp³-hybridized carbons (Fsp3) is 0.857. The van der Waals surface area contributed by atoms with Crippen LogP contribution in [-0.4, -0.2) is 34.2 Å². The van der Waals surface area contributed by atoms with Crippen molar-refractivity contribution in [3.8, 4) is 0 Å². The van der Waals surface area contributed by atoms with Crippen molar-refractivity contribution < 1.29 is 4.42 Å². The Kier molecular flexibility index (Phi) is 5.34. The summed E-state index contributed by atoms with van der Waals surface area (Å²) in [5.74, 6) is 2.08. The molecule has 0 radical (unpaired) electrons. The van der Waals surface area contributed by atoms with Crippen LogP contribution in [0.3, 0.4) is 0 Å². The van der Waals surface area contributed by atoms with Crippen LogP contribution < -0.4 is 5.73 Å². The highest BCUT2D eigenvalue weighted by atomic mass is 16.4. The van der Waals surface area contributed by atoms with E-state index in [4.69, 9.17) is 10.2 Å². The predicted octanol–water partition coefficient (Wildman–Crippen LogP) is 1.97. The average Bonchev–Trinajstić information content (AvgIpc) is 2.92. The molecule has 0 amide bonds. The Morgan fingerprint density at radius 1 is 1.21 bits per heavy atom. The summed E-state index contributed by atoms with van der Waals surface area (Å²) in [6.07, 6.45) is 5.92. The summed E-state index contributed by atoms with van der Waals surface area (Å²) in [5.41, 5.74) is 5.93.